The normalized spacial score (nSPS) is 11.4. The number of anilines is 2. The first-order valence-corrected chi connectivity index (χ1v) is 12.8. The number of amides is 3. The first-order valence-electron chi connectivity index (χ1n) is 12.8. The van der Waals surface area contributed by atoms with Crippen LogP contribution in [0.3, 0.4) is 0 Å². The molecule has 1 aromatic heterocycles. The van der Waals surface area contributed by atoms with Crippen LogP contribution in [-0.2, 0) is 23.7 Å². The van der Waals surface area contributed by atoms with Crippen LogP contribution in [0.4, 0.5) is 21.1 Å². The Kier molecular flexibility index (Phi) is 12.1. The Morgan fingerprint density at radius 1 is 0.825 bits per heavy atom. The fraction of sp³-hybridized carbons (Fsp3) is 0.519. The number of aromatic nitrogens is 2. The number of carbonyl (C=O) groups is 4. The summed E-state index contributed by atoms with van der Waals surface area (Å²) in [5.41, 5.74) is -0.714. The van der Waals surface area contributed by atoms with E-state index in [1.165, 1.54) is 12.3 Å². The predicted molar refractivity (Wildman–Crippen MR) is 147 cm³/mol. The zero-order valence-corrected chi connectivity index (χ0v) is 23.9. The van der Waals surface area contributed by atoms with Crippen LogP contribution < -0.4 is 16.0 Å². The highest BCUT2D eigenvalue weighted by Gasteiger charge is 2.20. The first-order chi connectivity index (χ1) is 18.7. The molecule has 0 radical (unpaired) electrons. The first kappa shape index (κ1) is 32.2. The van der Waals surface area contributed by atoms with Crippen LogP contribution in [0.25, 0.3) is 0 Å². The van der Waals surface area contributed by atoms with Crippen molar-refractivity contribution in [2.75, 3.05) is 43.6 Å². The molecule has 0 aliphatic rings. The quantitative estimate of drug-likeness (QED) is 0.328. The molecule has 3 amide bonds. The van der Waals surface area contributed by atoms with E-state index in [9.17, 15) is 19.2 Å². The zero-order valence-electron chi connectivity index (χ0n) is 23.9. The molecule has 1 aromatic carbocycles. The zero-order chi connectivity index (χ0) is 29.8. The van der Waals surface area contributed by atoms with Crippen LogP contribution in [0.15, 0.2) is 36.5 Å². The number of alkyl carbamates (subject to hydrolysis) is 1. The van der Waals surface area contributed by atoms with Gasteiger partial charge in [-0.3, -0.25) is 9.59 Å². The van der Waals surface area contributed by atoms with E-state index in [0.29, 0.717) is 25.4 Å². The lowest BCUT2D eigenvalue weighted by molar-refractivity contribution is -0.117. The van der Waals surface area contributed by atoms with Crippen LogP contribution in [0.2, 0.25) is 0 Å². The Labute approximate surface area is 233 Å². The van der Waals surface area contributed by atoms with E-state index in [-0.39, 0.29) is 36.9 Å². The van der Waals surface area contributed by atoms with Gasteiger partial charge in [-0.25, -0.2) is 9.59 Å². The van der Waals surface area contributed by atoms with Crippen molar-refractivity contribution in [1.82, 2.24) is 15.1 Å². The summed E-state index contributed by atoms with van der Waals surface area (Å²) in [6.07, 6.45) is 0.260. The topological polar surface area (TPSA) is 159 Å². The van der Waals surface area contributed by atoms with Crippen molar-refractivity contribution in [1.29, 1.82) is 0 Å². The molecule has 0 spiro atoms. The molecule has 0 atom stereocenters. The molecular formula is C27H39N5O8. The van der Waals surface area contributed by atoms with Gasteiger partial charge in [0.05, 0.1) is 44.1 Å². The van der Waals surface area contributed by atoms with Crippen molar-refractivity contribution in [3.63, 3.8) is 0 Å². The second-order valence-electron chi connectivity index (χ2n) is 10.6. The monoisotopic (exact) mass is 561 g/mol. The van der Waals surface area contributed by atoms with Gasteiger partial charge in [-0.2, -0.15) is 4.68 Å². The summed E-state index contributed by atoms with van der Waals surface area (Å²) in [7, 11) is 0. The molecule has 13 nitrogen and oxygen atoms in total. The van der Waals surface area contributed by atoms with Gasteiger partial charge >= 0.3 is 12.2 Å². The lowest BCUT2D eigenvalue weighted by Crippen LogP contribution is -2.34. The Balaban J connectivity index is 1.71. The van der Waals surface area contributed by atoms with Gasteiger partial charge in [-0.1, -0.05) is 12.1 Å². The molecule has 0 fully saturated rings. The molecule has 40 heavy (non-hydrogen) atoms. The second kappa shape index (κ2) is 15.0. The number of hydrogen-bond donors (Lipinski definition) is 3. The molecule has 3 N–H and O–H groups in total. The molecule has 0 saturated heterocycles. The molecule has 220 valence electrons. The smallest absolute Gasteiger partial charge is 0.435 e. The van der Waals surface area contributed by atoms with Gasteiger partial charge in [-0.15, -0.1) is 5.10 Å². The number of para-hydroxylation sites is 1. The molecule has 0 bridgehead atoms. The maximum Gasteiger partial charge on any atom is 0.435 e. The molecule has 0 saturated carbocycles. The molecule has 13 heteroatoms. The lowest BCUT2D eigenvalue weighted by atomic mass is 10.1. The minimum Gasteiger partial charge on any atom is -0.444 e. The van der Waals surface area contributed by atoms with E-state index in [1.807, 2.05) is 0 Å². The summed E-state index contributed by atoms with van der Waals surface area (Å²) < 4.78 is 22.1. The van der Waals surface area contributed by atoms with E-state index >= 15 is 0 Å². The van der Waals surface area contributed by atoms with Crippen molar-refractivity contribution >= 4 is 35.5 Å². The number of rotatable bonds is 12. The van der Waals surface area contributed by atoms with Crippen molar-refractivity contribution in [3.8, 4) is 0 Å². The van der Waals surface area contributed by atoms with Crippen LogP contribution in [0, 0.1) is 0 Å². The summed E-state index contributed by atoms with van der Waals surface area (Å²) in [5, 5.41) is 11.9. The minimum atomic E-state index is -0.690. The standard InChI is InChI=1S/C27H39N5O8/c1-26(2,3)39-24(35)28-13-16-38-18-17-37-15-12-22(33)29-20-10-8-7-9-19(20)23(34)30-21-11-14-32(31-21)25(36)40-27(4,5)6/h7-11,14H,12-13,15-18H2,1-6H3,(H,28,35)(H,29,33)(H,30,31,34). The van der Waals surface area contributed by atoms with Crippen molar-refractivity contribution in [2.24, 2.45) is 0 Å². The van der Waals surface area contributed by atoms with E-state index in [4.69, 9.17) is 18.9 Å². The summed E-state index contributed by atoms with van der Waals surface area (Å²) in [4.78, 5) is 48.9. The van der Waals surface area contributed by atoms with E-state index in [2.05, 4.69) is 21.0 Å². The fourth-order valence-electron chi connectivity index (χ4n) is 3.01. The fourth-order valence-corrected chi connectivity index (χ4v) is 3.01. The van der Waals surface area contributed by atoms with Crippen LogP contribution >= 0.6 is 0 Å². The van der Waals surface area contributed by atoms with E-state index < -0.39 is 29.3 Å². The maximum absolute atomic E-state index is 12.8. The van der Waals surface area contributed by atoms with Gasteiger partial charge in [0.1, 0.15) is 11.2 Å². The number of nitrogens with one attached hydrogen (secondary N) is 3. The van der Waals surface area contributed by atoms with Crippen LogP contribution in [0.1, 0.15) is 58.3 Å². The van der Waals surface area contributed by atoms with Crippen LogP contribution in [-0.4, -0.2) is 78.0 Å². The third-order valence-electron chi connectivity index (χ3n) is 4.62. The van der Waals surface area contributed by atoms with Gasteiger partial charge < -0.3 is 34.9 Å². The van der Waals surface area contributed by atoms with E-state index in [1.54, 1.807) is 65.8 Å². The maximum atomic E-state index is 12.8. The van der Waals surface area contributed by atoms with Crippen molar-refractivity contribution in [2.45, 2.75) is 59.2 Å². The van der Waals surface area contributed by atoms with Gasteiger partial charge in [0.2, 0.25) is 5.91 Å². The number of nitrogens with zero attached hydrogens (tertiary/aromatic N) is 2. The third-order valence-corrected chi connectivity index (χ3v) is 4.62. The number of hydrogen-bond acceptors (Lipinski definition) is 9. The van der Waals surface area contributed by atoms with Gasteiger partial charge in [0, 0.05) is 18.8 Å². The predicted octanol–water partition coefficient (Wildman–Crippen LogP) is 3.81. The minimum absolute atomic E-state index is 0.0659. The molecule has 0 aliphatic carbocycles. The van der Waals surface area contributed by atoms with Crippen molar-refractivity contribution in [3.05, 3.63) is 42.1 Å². The Bertz CT molecular complexity index is 1150. The third kappa shape index (κ3) is 12.7. The molecule has 0 unspecified atom stereocenters. The molecule has 0 aliphatic heterocycles. The number of benzene rings is 1. The average Bonchev–Trinajstić information content (AvgIpc) is 3.30. The highest BCUT2D eigenvalue weighted by atomic mass is 16.6. The highest BCUT2D eigenvalue weighted by Crippen LogP contribution is 2.18. The SMILES string of the molecule is CC(C)(C)OC(=O)NCCOCCOCCC(=O)Nc1ccccc1C(=O)Nc1ccn(C(=O)OC(C)(C)C)n1. The summed E-state index contributed by atoms with van der Waals surface area (Å²) >= 11 is 0. The highest BCUT2D eigenvalue weighted by molar-refractivity contribution is 6.09. The molecule has 1 heterocycles. The van der Waals surface area contributed by atoms with Gasteiger partial charge in [0.15, 0.2) is 5.82 Å². The largest absolute Gasteiger partial charge is 0.444 e. The van der Waals surface area contributed by atoms with E-state index in [0.717, 1.165) is 4.68 Å². The number of carbonyl (C=O) groups excluding carboxylic acids is 4. The lowest BCUT2D eigenvalue weighted by Gasteiger charge is -2.19. The molecule has 2 rings (SSSR count). The van der Waals surface area contributed by atoms with Crippen molar-refractivity contribution < 1.29 is 38.1 Å². The van der Waals surface area contributed by atoms with Gasteiger partial charge in [0.25, 0.3) is 5.91 Å². The average molecular weight is 562 g/mol. The second-order valence-corrected chi connectivity index (χ2v) is 10.6. The Morgan fingerprint density at radius 2 is 1.48 bits per heavy atom. The van der Waals surface area contributed by atoms with Gasteiger partial charge in [-0.05, 0) is 53.7 Å². The van der Waals surface area contributed by atoms with Crippen LogP contribution in [0.5, 0.6) is 0 Å². The Morgan fingerprint density at radius 3 is 2.15 bits per heavy atom. The summed E-state index contributed by atoms with van der Waals surface area (Å²) in [5.74, 6) is -0.704. The molecular weight excluding hydrogens is 522 g/mol. The number of ether oxygens (including phenoxy) is 4. The molecule has 2 aromatic rings. The summed E-state index contributed by atoms with van der Waals surface area (Å²) in [6, 6.07) is 7.97. The Hall–Kier alpha value is -3.97. The summed E-state index contributed by atoms with van der Waals surface area (Å²) in [6.45, 7) is 11.9.